The lowest BCUT2D eigenvalue weighted by Gasteiger charge is -2.04. The van der Waals surface area contributed by atoms with E-state index in [9.17, 15) is 9.18 Å². The van der Waals surface area contributed by atoms with Gasteiger partial charge in [0.2, 0.25) is 0 Å². The normalized spacial score (nSPS) is 9.80. The third-order valence-corrected chi connectivity index (χ3v) is 2.21. The summed E-state index contributed by atoms with van der Waals surface area (Å²) in [6.07, 6.45) is 0.304. The van der Waals surface area contributed by atoms with Crippen molar-refractivity contribution in [2.45, 2.75) is 20.2 Å². The second-order valence-corrected chi connectivity index (χ2v) is 3.38. The number of esters is 1. The minimum absolute atomic E-state index is 0.235. The number of rotatable bonds is 4. The summed E-state index contributed by atoms with van der Waals surface area (Å²) in [5.41, 5.74) is 1.86. The third-order valence-electron chi connectivity index (χ3n) is 2.21. The van der Waals surface area contributed by atoms with Crippen molar-refractivity contribution >= 4 is 18.7 Å². The van der Waals surface area contributed by atoms with E-state index in [1.165, 1.54) is 12.1 Å². The molecule has 4 heteroatoms. The molecule has 0 fully saturated rings. The number of ether oxygens (including phenoxy) is 1. The molecule has 0 atom stereocenters. The molecule has 0 saturated heterocycles. The smallest absolute Gasteiger partial charge is 0.298 e. The van der Waals surface area contributed by atoms with Gasteiger partial charge in [0.1, 0.15) is 5.82 Å². The lowest BCUT2D eigenvalue weighted by Crippen LogP contribution is -2.21. The first kappa shape index (κ1) is 11.8. The first-order valence-corrected chi connectivity index (χ1v) is 5.04. The van der Waals surface area contributed by atoms with E-state index in [2.05, 4.69) is 0 Å². The fraction of sp³-hybridized carbons (Fsp3) is 0.364. The Balaban J connectivity index is 2.57. The van der Waals surface area contributed by atoms with Gasteiger partial charge in [-0.2, -0.15) is 0 Å². The highest BCUT2D eigenvalue weighted by Crippen LogP contribution is 1.99. The Morgan fingerprint density at radius 2 is 2.27 bits per heavy atom. The third kappa shape index (κ3) is 3.74. The van der Waals surface area contributed by atoms with Gasteiger partial charge in [-0.15, -0.1) is 0 Å². The number of aryl methyl sites for hydroxylation is 1. The highest BCUT2D eigenvalue weighted by Gasteiger charge is 2.07. The molecule has 1 aromatic rings. The van der Waals surface area contributed by atoms with Gasteiger partial charge in [-0.25, -0.2) is 4.39 Å². The van der Waals surface area contributed by atoms with Crippen LogP contribution < -0.4 is 5.46 Å². The van der Waals surface area contributed by atoms with Crippen LogP contribution in [-0.2, 0) is 9.53 Å². The maximum absolute atomic E-state index is 12.9. The molecule has 15 heavy (non-hydrogen) atoms. The molecule has 0 unspecified atom stereocenters. The lowest BCUT2D eigenvalue weighted by molar-refractivity contribution is -0.140. The van der Waals surface area contributed by atoms with Gasteiger partial charge in [-0.05, 0) is 26.0 Å². The summed E-state index contributed by atoms with van der Waals surface area (Å²) < 4.78 is 17.7. The monoisotopic (exact) mass is 208 g/mol. The van der Waals surface area contributed by atoms with Gasteiger partial charge in [0.05, 0.1) is 6.61 Å². The summed E-state index contributed by atoms with van der Waals surface area (Å²) in [5, 5.41) is 0. The Bertz CT molecular complexity index is 352. The maximum Gasteiger partial charge on any atom is 0.298 e. The Hall–Kier alpha value is -1.32. The maximum atomic E-state index is 12.9. The van der Waals surface area contributed by atoms with E-state index in [1.807, 2.05) is 6.92 Å². The van der Waals surface area contributed by atoms with Crippen molar-refractivity contribution in [2.75, 3.05) is 6.61 Å². The van der Waals surface area contributed by atoms with Crippen molar-refractivity contribution in [3.8, 4) is 0 Å². The summed E-state index contributed by atoms with van der Waals surface area (Å²) >= 11 is 0. The Morgan fingerprint density at radius 1 is 1.53 bits per heavy atom. The van der Waals surface area contributed by atoms with Crippen LogP contribution in [0.15, 0.2) is 18.2 Å². The Labute approximate surface area is 89.7 Å². The molecule has 0 heterocycles. The zero-order chi connectivity index (χ0) is 11.3. The summed E-state index contributed by atoms with van der Waals surface area (Å²) in [6, 6.07) is 4.60. The number of benzene rings is 1. The van der Waals surface area contributed by atoms with Crippen molar-refractivity contribution in [3.63, 3.8) is 0 Å². The molecule has 0 bridgehead atoms. The molecule has 0 aliphatic heterocycles. The summed E-state index contributed by atoms with van der Waals surface area (Å²) in [6.45, 7) is 4.06. The van der Waals surface area contributed by atoms with Crippen LogP contribution in [0.2, 0.25) is 6.32 Å². The van der Waals surface area contributed by atoms with Crippen LogP contribution in [-0.4, -0.2) is 19.9 Å². The van der Waals surface area contributed by atoms with E-state index in [-0.39, 0.29) is 11.8 Å². The van der Waals surface area contributed by atoms with Crippen LogP contribution in [0, 0.1) is 12.7 Å². The molecule has 80 valence electrons. The first-order valence-electron chi connectivity index (χ1n) is 5.04. The fourth-order valence-electron chi connectivity index (χ4n) is 1.38. The van der Waals surface area contributed by atoms with Crippen LogP contribution in [0.1, 0.15) is 12.5 Å². The molecule has 1 rings (SSSR count). The molecule has 2 nitrogen and oxygen atoms in total. The number of hydrogen-bond donors (Lipinski definition) is 0. The quantitative estimate of drug-likeness (QED) is 0.548. The minimum atomic E-state index is -0.264. The highest BCUT2D eigenvalue weighted by molar-refractivity contribution is 6.57. The van der Waals surface area contributed by atoms with Gasteiger partial charge >= 0.3 is 0 Å². The highest BCUT2D eigenvalue weighted by atomic mass is 19.1. The zero-order valence-corrected chi connectivity index (χ0v) is 9.05. The molecule has 0 saturated carbocycles. The van der Waals surface area contributed by atoms with Gasteiger partial charge in [0, 0.05) is 6.32 Å². The molecule has 0 radical (unpaired) electrons. The summed E-state index contributed by atoms with van der Waals surface area (Å²) in [4.78, 5) is 11.1. The van der Waals surface area contributed by atoms with E-state index in [0.717, 1.165) is 11.0 Å². The number of halogens is 1. The molecule has 1 aromatic carbocycles. The van der Waals surface area contributed by atoms with Crippen LogP contribution in [0.5, 0.6) is 0 Å². The molecule has 0 aliphatic rings. The molecular formula is C11H14BFO2. The topological polar surface area (TPSA) is 26.3 Å². The minimum Gasteiger partial charge on any atom is -0.466 e. The van der Waals surface area contributed by atoms with E-state index in [0.29, 0.717) is 20.2 Å². The van der Waals surface area contributed by atoms with Crippen LogP contribution in [0.3, 0.4) is 0 Å². The van der Waals surface area contributed by atoms with E-state index in [1.54, 1.807) is 13.0 Å². The Morgan fingerprint density at radius 3 is 2.93 bits per heavy atom. The van der Waals surface area contributed by atoms with Gasteiger partial charge in [0.15, 0.2) is 7.28 Å². The number of carbonyl (C=O) groups excluding carboxylic acids is 1. The van der Waals surface area contributed by atoms with E-state index in [4.69, 9.17) is 4.74 Å². The number of hydrogen-bond acceptors (Lipinski definition) is 2. The van der Waals surface area contributed by atoms with E-state index >= 15 is 0 Å². The van der Waals surface area contributed by atoms with Crippen molar-refractivity contribution < 1.29 is 13.9 Å². The summed E-state index contributed by atoms with van der Waals surface area (Å²) in [7, 11) is 0.530. The van der Waals surface area contributed by atoms with Crippen LogP contribution in [0.4, 0.5) is 4.39 Å². The molecular weight excluding hydrogens is 194 g/mol. The SMILES string of the molecule is CCOC(=O)CBc1cc(F)ccc1C. The Kier molecular flexibility index (Phi) is 4.34. The molecule has 0 aliphatic carbocycles. The first-order chi connectivity index (χ1) is 7.13. The van der Waals surface area contributed by atoms with Crippen molar-refractivity contribution in [3.05, 3.63) is 29.6 Å². The van der Waals surface area contributed by atoms with Gasteiger partial charge in [0.25, 0.3) is 5.97 Å². The van der Waals surface area contributed by atoms with Crippen molar-refractivity contribution in [2.24, 2.45) is 0 Å². The average molecular weight is 208 g/mol. The van der Waals surface area contributed by atoms with Crippen molar-refractivity contribution in [1.82, 2.24) is 0 Å². The molecule has 0 aromatic heterocycles. The number of carbonyl (C=O) groups is 1. The van der Waals surface area contributed by atoms with Gasteiger partial charge in [-0.3, -0.25) is 4.79 Å². The molecule has 0 amide bonds. The fourth-order valence-corrected chi connectivity index (χ4v) is 1.38. The van der Waals surface area contributed by atoms with Crippen molar-refractivity contribution in [1.29, 1.82) is 0 Å². The zero-order valence-electron chi connectivity index (χ0n) is 9.05. The largest absolute Gasteiger partial charge is 0.466 e. The van der Waals surface area contributed by atoms with Crippen LogP contribution >= 0.6 is 0 Å². The molecule has 0 N–H and O–H groups in total. The van der Waals surface area contributed by atoms with E-state index < -0.39 is 0 Å². The average Bonchev–Trinajstić information content (AvgIpc) is 2.20. The summed E-state index contributed by atoms with van der Waals surface area (Å²) in [5.74, 6) is -0.499. The lowest BCUT2D eigenvalue weighted by atomic mass is 9.65. The van der Waals surface area contributed by atoms with Gasteiger partial charge in [-0.1, -0.05) is 17.1 Å². The molecule has 0 spiro atoms. The standard InChI is InChI=1S/C11H14BFO2/c1-3-15-11(14)7-12-10-6-9(13)5-4-8(10)2/h4-6,12H,3,7H2,1-2H3. The van der Waals surface area contributed by atoms with Gasteiger partial charge < -0.3 is 4.74 Å². The van der Waals surface area contributed by atoms with Crippen LogP contribution in [0.25, 0.3) is 0 Å². The predicted molar refractivity (Wildman–Crippen MR) is 59.4 cm³/mol. The predicted octanol–water partition coefficient (Wildman–Crippen LogP) is 1.18. The second-order valence-electron chi connectivity index (χ2n) is 3.38. The second kappa shape index (κ2) is 5.54.